The molecule has 1 aromatic carbocycles. The van der Waals surface area contributed by atoms with E-state index < -0.39 is 18.1 Å². The molecule has 8 nitrogen and oxygen atoms in total. The fourth-order valence-electron chi connectivity index (χ4n) is 4.62. The number of nitrogens with zero attached hydrogens (tertiary/aromatic N) is 1. The monoisotopic (exact) mass is 417 g/mol. The van der Waals surface area contributed by atoms with Crippen LogP contribution in [0.4, 0.5) is 5.69 Å². The van der Waals surface area contributed by atoms with Gasteiger partial charge in [0.25, 0.3) is 0 Å². The summed E-state index contributed by atoms with van der Waals surface area (Å²) in [5.41, 5.74) is 1.88. The van der Waals surface area contributed by atoms with Crippen LogP contribution in [-0.2, 0) is 19.1 Å². The molecule has 0 aromatic heterocycles. The molecule has 2 aliphatic rings. The predicted octanol–water partition coefficient (Wildman–Crippen LogP) is 2.67. The van der Waals surface area contributed by atoms with E-state index in [-0.39, 0.29) is 23.9 Å². The minimum atomic E-state index is -0.623. The normalized spacial score (nSPS) is 23.2. The molecule has 162 valence electrons. The molecule has 1 aliphatic carbocycles. The van der Waals surface area contributed by atoms with Crippen molar-refractivity contribution in [2.24, 2.45) is 5.92 Å². The van der Waals surface area contributed by atoms with Crippen LogP contribution in [0.1, 0.15) is 33.6 Å². The molecular formula is C22H27NO7. The Bertz CT molecular complexity index is 895. The Morgan fingerprint density at radius 3 is 2.10 bits per heavy atom. The van der Waals surface area contributed by atoms with E-state index >= 15 is 0 Å². The number of carbonyl (C=O) groups excluding carboxylic acids is 3. The molecule has 0 saturated heterocycles. The van der Waals surface area contributed by atoms with Gasteiger partial charge in [-0.1, -0.05) is 0 Å². The molecule has 0 amide bonds. The van der Waals surface area contributed by atoms with Crippen LogP contribution >= 0.6 is 0 Å². The Hall–Kier alpha value is -3.03. The van der Waals surface area contributed by atoms with Gasteiger partial charge >= 0.3 is 5.97 Å². The maximum Gasteiger partial charge on any atom is 0.302 e. The number of anilines is 1. The van der Waals surface area contributed by atoms with Crippen LogP contribution in [-0.4, -0.2) is 51.0 Å². The van der Waals surface area contributed by atoms with Gasteiger partial charge in [0, 0.05) is 48.4 Å². The molecule has 0 radical (unpaired) electrons. The summed E-state index contributed by atoms with van der Waals surface area (Å²) < 4.78 is 21.7. The molecule has 1 aromatic rings. The van der Waals surface area contributed by atoms with Crippen LogP contribution in [0.5, 0.6) is 17.2 Å². The van der Waals surface area contributed by atoms with Gasteiger partial charge in [-0.05, 0) is 20.3 Å². The Balaban J connectivity index is 2.17. The van der Waals surface area contributed by atoms with Crippen molar-refractivity contribution in [2.45, 2.75) is 45.8 Å². The van der Waals surface area contributed by atoms with E-state index in [9.17, 15) is 14.4 Å². The van der Waals surface area contributed by atoms with Gasteiger partial charge < -0.3 is 23.8 Å². The number of hydrogen-bond donors (Lipinski definition) is 0. The number of ketones is 2. The second-order valence-electron chi connectivity index (χ2n) is 7.49. The maximum absolute atomic E-state index is 13.0. The zero-order chi connectivity index (χ0) is 22.2. The number of esters is 1. The summed E-state index contributed by atoms with van der Waals surface area (Å²) in [7, 11) is 4.56. The highest BCUT2D eigenvalue weighted by Crippen LogP contribution is 2.47. The third-order valence-electron chi connectivity index (χ3n) is 5.76. The molecule has 3 atom stereocenters. The topological polar surface area (TPSA) is 91.4 Å². The maximum atomic E-state index is 13.0. The van der Waals surface area contributed by atoms with Gasteiger partial charge in [0.05, 0.1) is 27.4 Å². The molecular weight excluding hydrogens is 390 g/mol. The summed E-state index contributed by atoms with van der Waals surface area (Å²) in [5.74, 6) is 0.413. The third kappa shape index (κ3) is 3.62. The van der Waals surface area contributed by atoms with Crippen molar-refractivity contribution in [1.29, 1.82) is 0 Å². The lowest BCUT2D eigenvalue weighted by atomic mass is 9.72. The fourth-order valence-corrected chi connectivity index (χ4v) is 4.62. The highest BCUT2D eigenvalue weighted by Gasteiger charge is 2.48. The van der Waals surface area contributed by atoms with Crippen molar-refractivity contribution in [3.8, 4) is 17.2 Å². The van der Waals surface area contributed by atoms with Crippen molar-refractivity contribution >= 4 is 23.2 Å². The van der Waals surface area contributed by atoms with Crippen molar-refractivity contribution in [1.82, 2.24) is 0 Å². The van der Waals surface area contributed by atoms with Gasteiger partial charge in [-0.3, -0.25) is 14.4 Å². The van der Waals surface area contributed by atoms with E-state index in [1.54, 1.807) is 12.1 Å². The molecule has 1 heterocycles. The van der Waals surface area contributed by atoms with Crippen LogP contribution in [0.2, 0.25) is 0 Å². The number of methoxy groups -OCH3 is 3. The summed E-state index contributed by atoms with van der Waals surface area (Å²) in [5, 5.41) is 0. The van der Waals surface area contributed by atoms with Gasteiger partial charge in [0.15, 0.2) is 23.1 Å². The Kier molecular flexibility index (Phi) is 6.05. The Morgan fingerprint density at radius 1 is 1.03 bits per heavy atom. The van der Waals surface area contributed by atoms with Crippen molar-refractivity contribution in [2.75, 3.05) is 26.2 Å². The lowest BCUT2D eigenvalue weighted by Crippen LogP contribution is -2.54. The lowest BCUT2D eigenvalue weighted by molar-refractivity contribution is -0.152. The van der Waals surface area contributed by atoms with E-state index in [1.165, 1.54) is 35.2 Å². The van der Waals surface area contributed by atoms with Crippen LogP contribution < -0.4 is 19.1 Å². The molecule has 2 bridgehead atoms. The van der Waals surface area contributed by atoms with E-state index in [0.29, 0.717) is 40.6 Å². The zero-order valence-electron chi connectivity index (χ0n) is 18.1. The lowest BCUT2D eigenvalue weighted by Gasteiger charge is -2.47. The minimum Gasteiger partial charge on any atom is -0.493 e. The number of ether oxygens (including phenoxy) is 4. The number of hydrogen-bond acceptors (Lipinski definition) is 8. The second-order valence-corrected chi connectivity index (χ2v) is 7.49. The first-order valence-corrected chi connectivity index (χ1v) is 9.74. The van der Waals surface area contributed by atoms with Crippen molar-refractivity contribution in [3.05, 3.63) is 23.4 Å². The van der Waals surface area contributed by atoms with E-state index in [4.69, 9.17) is 18.9 Å². The van der Waals surface area contributed by atoms with E-state index in [2.05, 4.69) is 0 Å². The SMILES string of the molecule is COc1cc(N2C(C)=C(C(C)=O)[C@@H]3C[C@H]2C(=O)C[C@H]3OC(C)=O)cc(OC)c1OC. The Morgan fingerprint density at radius 2 is 1.63 bits per heavy atom. The molecule has 0 unspecified atom stereocenters. The number of allylic oxidation sites excluding steroid dienone is 1. The smallest absolute Gasteiger partial charge is 0.302 e. The number of rotatable bonds is 6. The number of fused-ring (bicyclic) bond motifs is 2. The number of Topliss-reactive ketones (excluding diaryl/α,β-unsaturated/α-hetero) is 2. The first-order valence-electron chi connectivity index (χ1n) is 9.74. The molecule has 1 fully saturated rings. The average molecular weight is 417 g/mol. The molecule has 1 aliphatic heterocycles. The van der Waals surface area contributed by atoms with Crippen LogP contribution in [0.3, 0.4) is 0 Å². The first kappa shape index (κ1) is 21.7. The third-order valence-corrected chi connectivity index (χ3v) is 5.76. The van der Waals surface area contributed by atoms with E-state index in [0.717, 1.165) is 0 Å². The molecule has 8 heteroatoms. The van der Waals surface area contributed by atoms with E-state index in [1.807, 2.05) is 11.8 Å². The summed E-state index contributed by atoms with van der Waals surface area (Å²) in [6.07, 6.45) is -0.165. The molecule has 3 rings (SSSR count). The molecule has 0 N–H and O–H groups in total. The average Bonchev–Trinajstić information content (AvgIpc) is 2.69. The second kappa shape index (κ2) is 8.38. The summed E-state index contributed by atoms with van der Waals surface area (Å²) in [4.78, 5) is 39.0. The van der Waals surface area contributed by atoms with Crippen molar-refractivity contribution in [3.63, 3.8) is 0 Å². The number of carbonyl (C=O) groups is 3. The zero-order valence-corrected chi connectivity index (χ0v) is 18.1. The largest absolute Gasteiger partial charge is 0.493 e. The van der Waals surface area contributed by atoms with Gasteiger partial charge in [-0.25, -0.2) is 0 Å². The summed E-state index contributed by atoms with van der Waals surface area (Å²) >= 11 is 0. The van der Waals surface area contributed by atoms with Crippen molar-refractivity contribution < 1.29 is 33.3 Å². The summed E-state index contributed by atoms with van der Waals surface area (Å²) in [6.45, 7) is 4.61. The molecule has 30 heavy (non-hydrogen) atoms. The molecule has 0 spiro atoms. The molecule has 1 saturated carbocycles. The van der Waals surface area contributed by atoms with Gasteiger partial charge in [0.2, 0.25) is 5.75 Å². The highest BCUT2D eigenvalue weighted by atomic mass is 16.5. The minimum absolute atomic E-state index is 0.0480. The van der Waals surface area contributed by atoms with Crippen LogP contribution in [0.25, 0.3) is 0 Å². The van der Waals surface area contributed by atoms with Crippen LogP contribution in [0.15, 0.2) is 23.4 Å². The highest BCUT2D eigenvalue weighted by molar-refractivity contribution is 5.99. The Labute approximate surface area is 175 Å². The van der Waals surface area contributed by atoms with Gasteiger partial charge in [-0.2, -0.15) is 0 Å². The standard InChI is InChI=1S/C22H27NO7/c1-11-21(12(2)24)15-9-16(17(26)10-18(15)30-13(3)25)23(11)14-7-19(27-4)22(29-6)20(8-14)28-5/h7-8,15-16,18H,9-10H2,1-6H3/t15-,16+,18-/m1/s1. The predicted molar refractivity (Wildman–Crippen MR) is 109 cm³/mol. The quantitative estimate of drug-likeness (QED) is 0.653. The fraction of sp³-hybridized carbons (Fsp3) is 0.500. The summed E-state index contributed by atoms with van der Waals surface area (Å²) in [6, 6.07) is 3.04. The number of benzene rings is 1. The first-order chi connectivity index (χ1) is 14.2. The van der Waals surface area contributed by atoms with Gasteiger partial charge in [0.1, 0.15) is 6.10 Å². The van der Waals surface area contributed by atoms with Crippen LogP contribution in [0, 0.1) is 5.92 Å². The van der Waals surface area contributed by atoms with Gasteiger partial charge in [-0.15, -0.1) is 0 Å².